The lowest BCUT2D eigenvalue weighted by atomic mass is 9.99. The minimum absolute atomic E-state index is 0.450. The molecule has 0 aliphatic heterocycles. The fourth-order valence-corrected chi connectivity index (χ4v) is 3.67. The van der Waals surface area contributed by atoms with Gasteiger partial charge in [0.15, 0.2) is 0 Å². The van der Waals surface area contributed by atoms with Gasteiger partial charge in [-0.1, -0.05) is 12.8 Å². The summed E-state index contributed by atoms with van der Waals surface area (Å²) in [4.78, 5) is 0. The average Bonchev–Trinajstić information content (AvgIpc) is 3.13. The number of hydrogen-bond acceptors (Lipinski definition) is 2. The van der Waals surface area contributed by atoms with E-state index in [1.807, 2.05) is 0 Å². The van der Waals surface area contributed by atoms with Gasteiger partial charge in [-0.3, -0.25) is 0 Å². The Morgan fingerprint density at radius 1 is 0.950 bits per heavy atom. The number of benzene rings is 1. The Morgan fingerprint density at radius 3 is 2.20 bits per heavy atom. The molecule has 1 unspecified atom stereocenters. The van der Waals surface area contributed by atoms with E-state index in [1.165, 1.54) is 57.1 Å². The highest BCUT2D eigenvalue weighted by atomic mass is 16.5. The van der Waals surface area contributed by atoms with E-state index in [9.17, 15) is 0 Å². The smallest absolute Gasteiger partial charge is 0.119 e. The molecular weight excluding hydrogens is 246 g/mol. The Hall–Kier alpha value is -1.18. The first kappa shape index (κ1) is 13.8. The summed E-state index contributed by atoms with van der Waals surface area (Å²) in [5.41, 5.74) is 1.23. The molecule has 2 saturated carbocycles. The van der Waals surface area contributed by atoms with Gasteiger partial charge in [0.25, 0.3) is 0 Å². The van der Waals surface area contributed by atoms with Crippen molar-refractivity contribution >= 4 is 5.69 Å². The molecule has 2 nitrogen and oxygen atoms in total. The van der Waals surface area contributed by atoms with Crippen molar-refractivity contribution in [1.29, 1.82) is 0 Å². The first-order valence-electron chi connectivity index (χ1n) is 8.34. The van der Waals surface area contributed by atoms with Crippen LogP contribution < -0.4 is 10.1 Å². The lowest BCUT2D eigenvalue weighted by Gasteiger charge is -2.22. The SMILES string of the molecule is CC(Nc1ccc(OC2CCCC2)cc1)C1CCCC1. The highest BCUT2D eigenvalue weighted by molar-refractivity contribution is 5.47. The largest absolute Gasteiger partial charge is 0.490 e. The maximum absolute atomic E-state index is 6.01. The normalized spacial score (nSPS) is 22.1. The second-order valence-electron chi connectivity index (χ2n) is 6.53. The maximum atomic E-state index is 6.01. The molecule has 110 valence electrons. The molecule has 0 spiro atoms. The van der Waals surface area contributed by atoms with Gasteiger partial charge in [0, 0.05) is 11.7 Å². The maximum Gasteiger partial charge on any atom is 0.119 e. The zero-order valence-corrected chi connectivity index (χ0v) is 12.6. The van der Waals surface area contributed by atoms with Crippen LogP contribution >= 0.6 is 0 Å². The van der Waals surface area contributed by atoms with E-state index in [0.29, 0.717) is 12.1 Å². The van der Waals surface area contributed by atoms with Gasteiger partial charge in [0.1, 0.15) is 5.75 Å². The van der Waals surface area contributed by atoms with Gasteiger partial charge in [-0.2, -0.15) is 0 Å². The Kier molecular flexibility index (Phi) is 4.49. The topological polar surface area (TPSA) is 21.3 Å². The van der Waals surface area contributed by atoms with Gasteiger partial charge in [0.2, 0.25) is 0 Å². The van der Waals surface area contributed by atoms with Crippen LogP contribution in [0.1, 0.15) is 58.3 Å². The van der Waals surface area contributed by atoms with E-state index >= 15 is 0 Å². The third-order valence-corrected chi connectivity index (χ3v) is 4.96. The van der Waals surface area contributed by atoms with Crippen molar-refractivity contribution in [1.82, 2.24) is 0 Å². The van der Waals surface area contributed by atoms with Crippen LogP contribution in [0.25, 0.3) is 0 Å². The second kappa shape index (κ2) is 6.51. The molecule has 0 radical (unpaired) electrons. The third-order valence-electron chi connectivity index (χ3n) is 4.96. The molecule has 0 heterocycles. The molecule has 0 saturated heterocycles. The van der Waals surface area contributed by atoms with Crippen LogP contribution in [0.3, 0.4) is 0 Å². The van der Waals surface area contributed by atoms with Crippen molar-refractivity contribution < 1.29 is 4.74 Å². The third kappa shape index (κ3) is 3.47. The molecule has 3 rings (SSSR count). The Balaban J connectivity index is 1.52. The van der Waals surface area contributed by atoms with E-state index in [0.717, 1.165) is 11.7 Å². The first-order chi connectivity index (χ1) is 9.81. The molecule has 0 amide bonds. The molecular formula is C18H27NO. The molecule has 20 heavy (non-hydrogen) atoms. The minimum atomic E-state index is 0.450. The van der Waals surface area contributed by atoms with Crippen molar-refractivity contribution in [3.05, 3.63) is 24.3 Å². The molecule has 2 aliphatic carbocycles. The molecule has 2 fully saturated rings. The summed E-state index contributed by atoms with van der Waals surface area (Å²) < 4.78 is 6.01. The summed E-state index contributed by atoms with van der Waals surface area (Å²) in [5.74, 6) is 1.88. The number of ether oxygens (including phenoxy) is 1. The van der Waals surface area contributed by atoms with Gasteiger partial charge in [-0.05, 0) is 75.6 Å². The molecule has 2 heteroatoms. The van der Waals surface area contributed by atoms with Gasteiger partial charge < -0.3 is 10.1 Å². The number of hydrogen-bond donors (Lipinski definition) is 1. The molecule has 2 aliphatic rings. The fraction of sp³-hybridized carbons (Fsp3) is 0.667. The van der Waals surface area contributed by atoms with Crippen molar-refractivity contribution in [2.75, 3.05) is 5.32 Å². The quantitative estimate of drug-likeness (QED) is 0.815. The molecule has 1 N–H and O–H groups in total. The van der Waals surface area contributed by atoms with Crippen LogP contribution in [0.5, 0.6) is 5.75 Å². The van der Waals surface area contributed by atoms with Crippen LogP contribution in [0, 0.1) is 5.92 Å². The van der Waals surface area contributed by atoms with Gasteiger partial charge >= 0.3 is 0 Å². The fourth-order valence-electron chi connectivity index (χ4n) is 3.67. The highest BCUT2D eigenvalue weighted by Crippen LogP contribution is 2.30. The molecule has 1 aromatic carbocycles. The van der Waals surface area contributed by atoms with E-state index in [1.54, 1.807) is 0 Å². The van der Waals surface area contributed by atoms with Crippen LogP contribution in [0.2, 0.25) is 0 Å². The molecule has 1 aromatic rings. The number of anilines is 1. The second-order valence-corrected chi connectivity index (χ2v) is 6.53. The first-order valence-corrected chi connectivity index (χ1v) is 8.34. The van der Waals surface area contributed by atoms with Crippen molar-refractivity contribution in [3.8, 4) is 5.75 Å². The summed E-state index contributed by atoms with van der Waals surface area (Å²) in [6.45, 7) is 2.32. The Bertz CT molecular complexity index is 402. The standard InChI is InChI=1S/C18H27NO/c1-14(15-6-2-3-7-15)19-16-10-12-18(13-11-16)20-17-8-4-5-9-17/h10-15,17,19H,2-9H2,1H3. The highest BCUT2D eigenvalue weighted by Gasteiger charge is 2.21. The predicted molar refractivity (Wildman–Crippen MR) is 84.4 cm³/mol. The minimum Gasteiger partial charge on any atom is -0.490 e. The lowest BCUT2D eigenvalue weighted by Crippen LogP contribution is -2.23. The van der Waals surface area contributed by atoms with Crippen molar-refractivity contribution in [2.45, 2.75) is 70.4 Å². The molecule has 1 atom stereocenters. The van der Waals surface area contributed by atoms with Gasteiger partial charge in [-0.15, -0.1) is 0 Å². The summed E-state index contributed by atoms with van der Waals surface area (Å²) in [6, 6.07) is 9.13. The average molecular weight is 273 g/mol. The zero-order valence-electron chi connectivity index (χ0n) is 12.6. The summed E-state index contributed by atoms with van der Waals surface area (Å²) in [7, 11) is 0. The van der Waals surface area contributed by atoms with Crippen molar-refractivity contribution in [3.63, 3.8) is 0 Å². The van der Waals surface area contributed by atoms with Crippen LogP contribution in [-0.2, 0) is 0 Å². The van der Waals surface area contributed by atoms with Crippen LogP contribution in [-0.4, -0.2) is 12.1 Å². The van der Waals surface area contributed by atoms with Gasteiger partial charge in [0.05, 0.1) is 6.10 Å². The summed E-state index contributed by atoms with van der Waals surface area (Å²) in [5, 5.41) is 3.65. The van der Waals surface area contributed by atoms with Crippen molar-refractivity contribution in [2.24, 2.45) is 5.92 Å². The van der Waals surface area contributed by atoms with E-state index in [-0.39, 0.29) is 0 Å². The number of nitrogens with one attached hydrogen (secondary N) is 1. The Morgan fingerprint density at radius 2 is 1.55 bits per heavy atom. The zero-order chi connectivity index (χ0) is 13.8. The Labute approximate surface area is 122 Å². The van der Waals surface area contributed by atoms with E-state index in [4.69, 9.17) is 4.74 Å². The molecule has 0 bridgehead atoms. The van der Waals surface area contributed by atoms with Gasteiger partial charge in [-0.25, -0.2) is 0 Å². The molecule has 0 aromatic heterocycles. The number of rotatable bonds is 5. The summed E-state index contributed by atoms with van der Waals surface area (Å²) >= 11 is 0. The van der Waals surface area contributed by atoms with E-state index < -0.39 is 0 Å². The van der Waals surface area contributed by atoms with Crippen LogP contribution in [0.4, 0.5) is 5.69 Å². The van der Waals surface area contributed by atoms with E-state index in [2.05, 4.69) is 36.5 Å². The monoisotopic (exact) mass is 273 g/mol. The van der Waals surface area contributed by atoms with Crippen LogP contribution in [0.15, 0.2) is 24.3 Å². The summed E-state index contributed by atoms with van der Waals surface area (Å²) in [6.07, 6.45) is 11.1. The lowest BCUT2D eigenvalue weighted by molar-refractivity contribution is 0.210. The predicted octanol–water partition coefficient (Wildman–Crippen LogP) is 5.00.